The van der Waals surface area contributed by atoms with Gasteiger partial charge >= 0.3 is 0 Å². The molecule has 1 aromatic heterocycles. The first-order chi connectivity index (χ1) is 14.2. The maximum absolute atomic E-state index is 13.2. The topological polar surface area (TPSA) is 104 Å². The zero-order valence-corrected chi connectivity index (χ0v) is 18.5. The molecular weight excluding hydrogens is 450 g/mol. The highest BCUT2D eigenvalue weighted by molar-refractivity contribution is 7.92. The highest BCUT2D eigenvalue weighted by atomic mass is 35.5. The Labute approximate surface area is 183 Å². The number of nitrogens with one attached hydrogen (secondary N) is 1. The standard InChI is InChI=1S/C19H20ClN3O5S2/c1-13(24)22-8-10-23(11-9-22)19(26)18(21-17(25)16-3-2-12-29-16)30(27,28)15-6-4-14(20)5-7-15/h2-7,12,18H,8-11H2,1H3,(H,21,25)/t18-/m1/s1. The predicted octanol–water partition coefficient (Wildman–Crippen LogP) is 1.62. The molecule has 1 aromatic carbocycles. The van der Waals surface area contributed by atoms with Crippen LogP contribution in [0.2, 0.25) is 5.02 Å². The van der Waals surface area contributed by atoms with Gasteiger partial charge in [0.05, 0.1) is 9.77 Å². The van der Waals surface area contributed by atoms with Crippen LogP contribution >= 0.6 is 22.9 Å². The SMILES string of the molecule is CC(=O)N1CCN(C(=O)[C@H](NC(=O)c2cccs2)S(=O)(=O)c2ccc(Cl)cc2)CC1. The molecule has 0 bridgehead atoms. The molecule has 0 spiro atoms. The van der Waals surface area contributed by atoms with E-state index < -0.39 is 27.0 Å². The lowest BCUT2D eigenvalue weighted by atomic mass is 10.3. The number of carbonyl (C=O) groups is 3. The van der Waals surface area contributed by atoms with Crippen molar-refractivity contribution >= 4 is 50.5 Å². The maximum atomic E-state index is 13.2. The van der Waals surface area contributed by atoms with Gasteiger partial charge in [0.1, 0.15) is 0 Å². The van der Waals surface area contributed by atoms with E-state index in [4.69, 9.17) is 11.6 Å². The Morgan fingerprint density at radius 3 is 2.17 bits per heavy atom. The Balaban J connectivity index is 1.89. The summed E-state index contributed by atoms with van der Waals surface area (Å²) < 4.78 is 26.5. The third-order valence-corrected chi connectivity index (χ3v) is 7.71. The Kier molecular flexibility index (Phi) is 6.79. The lowest BCUT2D eigenvalue weighted by molar-refractivity contribution is -0.138. The minimum atomic E-state index is -4.24. The molecule has 1 fully saturated rings. The minimum Gasteiger partial charge on any atom is -0.339 e. The third kappa shape index (κ3) is 4.82. The van der Waals surface area contributed by atoms with Crippen molar-refractivity contribution < 1.29 is 22.8 Å². The van der Waals surface area contributed by atoms with Gasteiger partial charge in [0.2, 0.25) is 21.1 Å². The van der Waals surface area contributed by atoms with Gasteiger partial charge in [-0.15, -0.1) is 11.3 Å². The molecule has 1 saturated heterocycles. The summed E-state index contributed by atoms with van der Waals surface area (Å²) in [7, 11) is -4.24. The normalized spacial score (nSPS) is 15.5. The van der Waals surface area contributed by atoms with Gasteiger partial charge < -0.3 is 15.1 Å². The van der Waals surface area contributed by atoms with Crippen LogP contribution in [0, 0.1) is 0 Å². The first-order valence-corrected chi connectivity index (χ1v) is 11.9. The van der Waals surface area contributed by atoms with Crippen LogP contribution < -0.4 is 5.32 Å². The summed E-state index contributed by atoms with van der Waals surface area (Å²) >= 11 is 6.99. The Hall–Kier alpha value is -2.43. The molecule has 0 aliphatic carbocycles. The van der Waals surface area contributed by atoms with E-state index in [1.807, 2.05) is 0 Å². The van der Waals surface area contributed by atoms with Crippen LogP contribution in [0.4, 0.5) is 0 Å². The Morgan fingerprint density at radius 1 is 1.03 bits per heavy atom. The van der Waals surface area contributed by atoms with Crippen LogP contribution in [-0.4, -0.2) is 67.5 Å². The highest BCUT2D eigenvalue weighted by Crippen LogP contribution is 2.21. The fraction of sp³-hybridized carbons (Fsp3) is 0.316. The number of thiophene rings is 1. The first-order valence-electron chi connectivity index (χ1n) is 9.08. The fourth-order valence-corrected chi connectivity index (χ4v) is 5.26. The summed E-state index contributed by atoms with van der Waals surface area (Å²) in [6, 6.07) is 8.60. The highest BCUT2D eigenvalue weighted by Gasteiger charge is 2.39. The van der Waals surface area contributed by atoms with E-state index in [2.05, 4.69) is 5.32 Å². The molecule has 1 N–H and O–H groups in total. The number of hydrogen-bond acceptors (Lipinski definition) is 6. The summed E-state index contributed by atoms with van der Waals surface area (Å²) in [5.74, 6) is -1.50. The van der Waals surface area contributed by atoms with Gasteiger partial charge in [0.15, 0.2) is 0 Å². The predicted molar refractivity (Wildman–Crippen MR) is 113 cm³/mol. The van der Waals surface area contributed by atoms with E-state index in [0.29, 0.717) is 23.0 Å². The average molecular weight is 470 g/mol. The van der Waals surface area contributed by atoms with Gasteiger partial charge in [-0.3, -0.25) is 14.4 Å². The molecule has 1 atom stereocenters. The van der Waals surface area contributed by atoms with Crippen molar-refractivity contribution in [2.24, 2.45) is 0 Å². The molecular formula is C19H20ClN3O5S2. The van der Waals surface area contributed by atoms with Crippen molar-refractivity contribution in [3.63, 3.8) is 0 Å². The van der Waals surface area contributed by atoms with Crippen molar-refractivity contribution in [2.45, 2.75) is 17.2 Å². The van der Waals surface area contributed by atoms with Crippen molar-refractivity contribution in [1.29, 1.82) is 0 Å². The molecule has 2 aromatic rings. The Morgan fingerprint density at radius 2 is 1.63 bits per heavy atom. The lowest BCUT2D eigenvalue weighted by Crippen LogP contribution is -2.57. The van der Waals surface area contributed by atoms with Gasteiger partial charge in [0.25, 0.3) is 11.8 Å². The molecule has 1 aliphatic heterocycles. The molecule has 8 nitrogen and oxygen atoms in total. The van der Waals surface area contributed by atoms with Crippen LogP contribution in [-0.2, 0) is 19.4 Å². The largest absolute Gasteiger partial charge is 0.339 e. The molecule has 0 saturated carbocycles. The number of hydrogen-bond donors (Lipinski definition) is 1. The maximum Gasteiger partial charge on any atom is 0.262 e. The summed E-state index contributed by atoms with van der Waals surface area (Å²) in [4.78, 5) is 40.4. The molecule has 0 unspecified atom stereocenters. The molecule has 2 heterocycles. The number of sulfone groups is 1. The molecule has 160 valence electrons. The van der Waals surface area contributed by atoms with Gasteiger partial charge in [-0.1, -0.05) is 17.7 Å². The van der Waals surface area contributed by atoms with Crippen molar-refractivity contribution in [2.75, 3.05) is 26.2 Å². The van der Waals surface area contributed by atoms with Crippen molar-refractivity contribution in [1.82, 2.24) is 15.1 Å². The van der Waals surface area contributed by atoms with E-state index in [1.54, 1.807) is 22.4 Å². The van der Waals surface area contributed by atoms with Crippen LogP contribution in [0.1, 0.15) is 16.6 Å². The molecule has 1 aliphatic rings. The minimum absolute atomic E-state index is 0.113. The molecule has 0 radical (unpaired) electrons. The fourth-order valence-electron chi connectivity index (χ4n) is 3.04. The van der Waals surface area contributed by atoms with Gasteiger partial charge in [-0.2, -0.15) is 0 Å². The van der Waals surface area contributed by atoms with E-state index in [9.17, 15) is 22.8 Å². The quantitative estimate of drug-likeness (QED) is 0.716. The Bertz CT molecular complexity index is 1030. The van der Waals surface area contributed by atoms with Crippen LogP contribution in [0.3, 0.4) is 0 Å². The summed E-state index contributed by atoms with van der Waals surface area (Å²) in [6.45, 7) is 2.40. The zero-order chi connectivity index (χ0) is 21.9. The molecule has 11 heteroatoms. The second-order valence-electron chi connectivity index (χ2n) is 6.66. The first kappa shape index (κ1) is 22.3. The van der Waals surface area contributed by atoms with Gasteiger partial charge in [-0.05, 0) is 35.7 Å². The molecule has 3 rings (SSSR count). The summed E-state index contributed by atoms with van der Waals surface area (Å²) in [5.41, 5.74) is 0. The average Bonchev–Trinajstić information content (AvgIpc) is 3.26. The number of halogens is 1. The van der Waals surface area contributed by atoms with E-state index >= 15 is 0 Å². The van der Waals surface area contributed by atoms with Gasteiger partial charge in [0, 0.05) is 38.1 Å². The number of benzene rings is 1. The third-order valence-electron chi connectivity index (χ3n) is 4.72. The smallest absolute Gasteiger partial charge is 0.262 e. The number of rotatable bonds is 5. The number of piperazine rings is 1. The second kappa shape index (κ2) is 9.15. The van der Waals surface area contributed by atoms with Gasteiger partial charge in [-0.25, -0.2) is 8.42 Å². The van der Waals surface area contributed by atoms with Crippen molar-refractivity contribution in [3.05, 3.63) is 51.7 Å². The number of carbonyl (C=O) groups excluding carboxylic acids is 3. The van der Waals surface area contributed by atoms with Crippen molar-refractivity contribution in [3.8, 4) is 0 Å². The molecule has 3 amide bonds. The van der Waals surface area contributed by atoms with Crippen LogP contribution in [0.5, 0.6) is 0 Å². The number of nitrogens with zero attached hydrogens (tertiary/aromatic N) is 2. The van der Waals surface area contributed by atoms with E-state index in [-0.39, 0.29) is 23.9 Å². The van der Waals surface area contributed by atoms with Crippen LogP contribution in [0.25, 0.3) is 0 Å². The summed E-state index contributed by atoms with van der Waals surface area (Å²) in [5, 5.41) is 2.62. The summed E-state index contributed by atoms with van der Waals surface area (Å²) in [6.07, 6.45) is 0. The monoisotopic (exact) mass is 469 g/mol. The number of amides is 3. The second-order valence-corrected chi connectivity index (χ2v) is 10.1. The molecule has 30 heavy (non-hydrogen) atoms. The van der Waals surface area contributed by atoms with Crippen LogP contribution in [0.15, 0.2) is 46.7 Å². The zero-order valence-electron chi connectivity index (χ0n) is 16.1. The lowest BCUT2D eigenvalue weighted by Gasteiger charge is -2.35. The van der Waals surface area contributed by atoms with E-state index in [1.165, 1.54) is 36.1 Å². The van der Waals surface area contributed by atoms with E-state index in [0.717, 1.165) is 11.3 Å².